The van der Waals surface area contributed by atoms with Gasteiger partial charge in [0.1, 0.15) is 6.61 Å². The highest BCUT2D eigenvalue weighted by Gasteiger charge is 2.21. The topological polar surface area (TPSA) is 70.0 Å². The molecule has 2 N–H and O–H groups in total. The molecule has 5 nitrogen and oxygen atoms in total. The van der Waals surface area contributed by atoms with Crippen LogP contribution in [0.1, 0.15) is 5.56 Å². The first-order valence-electron chi connectivity index (χ1n) is 5.53. The molecule has 1 aromatic carbocycles. The van der Waals surface area contributed by atoms with Crippen molar-refractivity contribution < 1.29 is 19.7 Å². The highest BCUT2D eigenvalue weighted by Crippen LogP contribution is 2.08. The number of amides is 1. The predicted molar refractivity (Wildman–Crippen MR) is 78.6 cm³/mol. The van der Waals surface area contributed by atoms with Crippen LogP contribution >= 0.6 is 22.6 Å². The summed E-state index contributed by atoms with van der Waals surface area (Å²) in [4.78, 5) is 12.0. The number of carboxylic acid groups (broad SMARTS) is 1. The second-order valence-corrected chi connectivity index (χ2v) is 4.20. The van der Waals surface area contributed by atoms with E-state index in [0.717, 1.165) is 10.5 Å². The Balaban J connectivity index is 2.56. The van der Waals surface area contributed by atoms with Gasteiger partial charge in [-0.15, -0.1) is 0 Å². The summed E-state index contributed by atoms with van der Waals surface area (Å²) in [6.45, 7) is 0.169. The Kier molecular flexibility index (Phi) is 7.25. The summed E-state index contributed by atoms with van der Waals surface area (Å²) in [5.74, 6) is 2.66. The van der Waals surface area contributed by atoms with Gasteiger partial charge in [-0.05, 0) is 9.49 Å². The Labute approximate surface area is 125 Å². The Bertz CT molecular complexity index is 455. The average molecular weight is 375 g/mol. The molecule has 0 bridgehead atoms. The van der Waals surface area contributed by atoms with Crippen molar-refractivity contribution in [3.05, 3.63) is 35.9 Å². The lowest BCUT2D eigenvalue weighted by Gasteiger charge is -2.24. The van der Waals surface area contributed by atoms with Crippen LogP contribution in [0.2, 0.25) is 0 Å². The van der Waals surface area contributed by atoms with Gasteiger partial charge in [-0.3, -0.25) is 4.90 Å². The summed E-state index contributed by atoms with van der Waals surface area (Å²) < 4.78 is 7.69. The molecule has 0 saturated carbocycles. The predicted octanol–water partition coefficient (Wildman–Crippen LogP) is 1.90. The molecule has 102 valence electrons. The molecule has 0 aliphatic carbocycles. The molecule has 0 heterocycles. The fraction of sp³-hybridized carbons (Fsp3) is 0.308. The summed E-state index contributed by atoms with van der Waals surface area (Å²) >= 11 is 1.88. The standard InChI is InChI=1S/C13H14INO4/c14-7-4-8-19-10-12(16)15(13(17)18)9-11-5-2-1-3-6-11/h1-3,5-6,12,16H,8-10H2,(H,17,18). The van der Waals surface area contributed by atoms with Crippen molar-refractivity contribution in [3.8, 4) is 9.85 Å². The van der Waals surface area contributed by atoms with Crippen molar-refractivity contribution in [2.45, 2.75) is 12.8 Å². The molecular weight excluding hydrogens is 361 g/mol. The highest BCUT2D eigenvalue weighted by atomic mass is 127. The number of benzene rings is 1. The van der Waals surface area contributed by atoms with Gasteiger partial charge in [-0.1, -0.05) is 36.3 Å². The Morgan fingerprint density at radius 2 is 2.11 bits per heavy atom. The van der Waals surface area contributed by atoms with Crippen LogP contribution < -0.4 is 0 Å². The maximum absolute atomic E-state index is 11.1. The second kappa shape index (κ2) is 8.74. The Morgan fingerprint density at radius 3 is 2.68 bits per heavy atom. The third-order valence-electron chi connectivity index (χ3n) is 2.31. The van der Waals surface area contributed by atoms with Crippen molar-refractivity contribution in [2.24, 2.45) is 0 Å². The van der Waals surface area contributed by atoms with E-state index in [1.807, 2.05) is 40.8 Å². The van der Waals surface area contributed by atoms with Crippen LogP contribution in [-0.2, 0) is 11.3 Å². The first kappa shape index (κ1) is 15.8. The van der Waals surface area contributed by atoms with E-state index in [4.69, 9.17) is 9.84 Å². The minimum Gasteiger partial charge on any atom is -0.465 e. The molecule has 19 heavy (non-hydrogen) atoms. The lowest BCUT2D eigenvalue weighted by atomic mass is 10.2. The van der Waals surface area contributed by atoms with Gasteiger partial charge < -0.3 is 14.9 Å². The minimum absolute atomic E-state index is 0.107. The third kappa shape index (κ3) is 5.92. The lowest BCUT2D eigenvalue weighted by Crippen LogP contribution is -2.41. The molecule has 1 amide bonds. The normalized spacial score (nSPS) is 11.3. The number of halogens is 1. The van der Waals surface area contributed by atoms with E-state index < -0.39 is 12.3 Å². The first-order valence-corrected chi connectivity index (χ1v) is 6.61. The van der Waals surface area contributed by atoms with Crippen LogP contribution in [0.15, 0.2) is 30.3 Å². The van der Waals surface area contributed by atoms with Crippen LogP contribution in [0, 0.1) is 9.85 Å². The van der Waals surface area contributed by atoms with Crippen LogP contribution in [0.5, 0.6) is 0 Å². The minimum atomic E-state index is -1.21. The van der Waals surface area contributed by atoms with Crippen LogP contribution in [-0.4, -0.2) is 40.6 Å². The molecule has 1 unspecified atom stereocenters. The average Bonchev–Trinajstić information content (AvgIpc) is 2.41. The molecule has 0 aromatic heterocycles. The van der Waals surface area contributed by atoms with E-state index in [0.29, 0.717) is 0 Å². The van der Waals surface area contributed by atoms with Gasteiger partial charge in [-0.2, -0.15) is 0 Å². The number of hydrogen-bond acceptors (Lipinski definition) is 3. The van der Waals surface area contributed by atoms with Crippen molar-refractivity contribution in [3.63, 3.8) is 0 Å². The van der Waals surface area contributed by atoms with Gasteiger partial charge in [-0.25, -0.2) is 4.79 Å². The summed E-state index contributed by atoms with van der Waals surface area (Å²) in [7, 11) is 0. The van der Waals surface area contributed by atoms with Gasteiger partial charge in [0, 0.05) is 22.6 Å². The zero-order chi connectivity index (χ0) is 14.1. The van der Waals surface area contributed by atoms with Crippen LogP contribution in [0.4, 0.5) is 4.79 Å². The molecule has 0 aliphatic rings. The number of hydrogen-bond donors (Lipinski definition) is 2. The van der Waals surface area contributed by atoms with Crippen LogP contribution in [0.3, 0.4) is 0 Å². The van der Waals surface area contributed by atoms with Crippen molar-refractivity contribution in [2.75, 3.05) is 13.2 Å². The van der Waals surface area contributed by atoms with Crippen molar-refractivity contribution in [1.82, 2.24) is 4.90 Å². The van der Waals surface area contributed by atoms with Gasteiger partial charge in [0.2, 0.25) is 0 Å². The van der Waals surface area contributed by atoms with Crippen LogP contribution in [0.25, 0.3) is 0 Å². The molecule has 0 fully saturated rings. The fourth-order valence-corrected chi connectivity index (χ4v) is 1.57. The van der Waals surface area contributed by atoms with E-state index in [2.05, 4.69) is 9.85 Å². The van der Waals surface area contributed by atoms with Gasteiger partial charge in [0.25, 0.3) is 0 Å². The zero-order valence-electron chi connectivity index (χ0n) is 10.1. The molecule has 6 heteroatoms. The number of carbonyl (C=O) groups is 1. The maximum Gasteiger partial charge on any atom is 0.409 e. The lowest BCUT2D eigenvalue weighted by molar-refractivity contribution is -0.0449. The molecule has 1 rings (SSSR count). The maximum atomic E-state index is 11.1. The third-order valence-corrected chi connectivity index (χ3v) is 2.69. The first-order chi connectivity index (χ1) is 9.15. The quantitative estimate of drug-likeness (QED) is 0.345. The van der Waals surface area contributed by atoms with E-state index >= 15 is 0 Å². The van der Waals surface area contributed by atoms with E-state index in [1.165, 1.54) is 0 Å². The molecule has 0 radical (unpaired) electrons. The molecule has 0 aliphatic heterocycles. The van der Waals surface area contributed by atoms with E-state index in [9.17, 15) is 9.90 Å². The Morgan fingerprint density at radius 1 is 1.42 bits per heavy atom. The van der Waals surface area contributed by atoms with Crippen molar-refractivity contribution >= 4 is 28.7 Å². The smallest absolute Gasteiger partial charge is 0.409 e. The summed E-state index contributed by atoms with van der Waals surface area (Å²) in [5, 5.41) is 18.9. The zero-order valence-corrected chi connectivity index (χ0v) is 12.3. The summed E-state index contributed by atoms with van der Waals surface area (Å²) in [5.41, 5.74) is 0.802. The Hall–Kier alpha value is -1.30. The molecular formula is C13H14INO4. The number of rotatable bonds is 6. The molecule has 0 saturated heterocycles. The molecule has 0 spiro atoms. The summed E-state index contributed by atoms with van der Waals surface area (Å²) in [6, 6.07) is 9.06. The second-order valence-electron chi connectivity index (χ2n) is 3.66. The SMILES string of the molecule is O=C(O)N(Cc1ccccc1)C(O)COCC#CI. The van der Waals surface area contributed by atoms with Crippen molar-refractivity contribution in [1.29, 1.82) is 0 Å². The van der Waals surface area contributed by atoms with Gasteiger partial charge in [0.15, 0.2) is 6.23 Å². The molecule has 1 aromatic rings. The van der Waals surface area contributed by atoms with Gasteiger partial charge in [0.05, 0.1) is 13.2 Å². The number of nitrogens with zero attached hydrogens (tertiary/aromatic N) is 1. The van der Waals surface area contributed by atoms with E-state index in [-0.39, 0.29) is 19.8 Å². The number of ether oxygens (including phenoxy) is 1. The molecule has 1 atom stereocenters. The highest BCUT2D eigenvalue weighted by molar-refractivity contribution is 14.1. The number of aliphatic hydroxyl groups is 1. The van der Waals surface area contributed by atoms with E-state index in [1.54, 1.807) is 12.1 Å². The number of aliphatic hydroxyl groups excluding tert-OH is 1. The van der Waals surface area contributed by atoms with Gasteiger partial charge >= 0.3 is 6.09 Å². The summed E-state index contributed by atoms with van der Waals surface area (Å²) in [6.07, 6.45) is -2.41. The monoisotopic (exact) mass is 375 g/mol. The fourth-order valence-electron chi connectivity index (χ4n) is 1.41. The largest absolute Gasteiger partial charge is 0.465 e.